The van der Waals surface area contributed by atoms with Crippen molar-refractivity contribution < 1.29 is 68.4 Å². The van der Waals surface area contributed by atoms with Crippen molar-refractivity contribution in [3.8, 4) is 0 Å². The van der Waals surface area contributed by atoms with Crippen LogP contribution >= 0.6 is 11.6 Å². The van der Waals surface area contributed by atoms with Crippen molar-refractivity contribution in [2.45, 2.75) is 156 Å². The van der Waals surface area contributed by atoms with E-state index in [0.29, 0.717) is 24.8 Å². The van der Waals surface area contributed by atoms with Crippen LogP contribution in [0.25, 0.3) is 0 Å². The zero-order valence-corrected chi connectivity index (χ0v) is 34.9. The van der Waals surface area contributed by atoms with Crippen LogP contribution in [0.2, 0.25) is 0 Å². The topological polar surface area (TPSA) is 340 Å². The first kappa shape index (κ1) is 47.6. The average molecular weight is 876 g/mol. The quantitative estimate of drug-likeness (QED) is 0.109. The number of alkyl halides is 2. The molecule has 4 saturated carbocycles. The lowest BCUT2D eigenvalue weighted by molar-refractivity contribution is -0.314. The molecule has 5 aliphatic carbocycles. The van der Waals surface area contributed by atoms with Crippen molar-refractivity contribution in [2.24, 2.45) is 57.3 Å². The first-order valence-electron chi connectivity index (χ1n) is 20.7. The second-order valence-corrected chi connectivity index (χ2v) is 18.6. The molecule has 18 nitrogen and oxygen atoms in total. The number of aliphatic hydroxyl groups is 6. The summed E-state index contributed by atoms with van der Waals surface area (Å²) in [4.78, 5) is 37.8. The van der Waals surface area contributed by atoms with Gasteiger partial charge in [0.05, 0.1) is 36.8 Å². The van der Waals surface area contributed by atoms with Crippen molar-refractivity contribution >= 4 is 29.0 Å². The molecule has 60 heavy (non-hydrogen) atoms. The largest absolute Gasteiger partial charge is 0.394 e. The lowest BCUT2D eigenvalue weighted by atomic mass is 9.45. The Bertz CT molecular complexity index is 1700. The highest BCUT2D eigenvalue weighted by Crippen LogP contribution is 2.69. The molecule has 20 heteroatoms. The molecule has 7 aliphatic rings. The Labute approximate surface area is 352 Å². The third kappa shape index (κ3) is 7.56. The summed E-state index contributed by atoms with van der Waals surface area (Å²) in [5.41, 5.74) is 24.4. The van der Waals surface area contributed by atoms with E-state index in [2.05, 4.69) is 0 Å². The van der Waals surface area contributed by atoms with E-state index >= 15 is 4.39 Å². The number of hydrogen-bond acceptors (Lipinski definition) is 18. The summed E-state index contributed by atoms with van der Waals surface area (Å²) in [5, 5.41) is 62.1. The predicted molar refractivity (Wildman–Crippen MR) is 211 cm³/mol. The van der Waals surface area contributed by atoms with Gasteiger partial charge in [0.1, 0.15) is 42.2 Å². The van der Waals surface area contributed by atoms with Gasteiger partial charge in [0.2, 0.25) is 0 Å². The predicted octanol–water partition coefficient (Wildman–Crippen LogP) is -2.95. The lowest BCUT2D eigenvalue weighted by Gasteiger charge is -2.59. The van der Waals surface area contributed by atoms with Gasteiger partial charge in [-0.25, -0.2) is 4.39 Å². The molecule has 0 amide bonds. The molecule has 340 valence electrons. The van der Waals surface area contributed by atoms with E-state index in [0.717, 1.165) is 0 Å². The summed E-state index contributed by atoms with van der Waals surface area (Å²) < 4.78 is 39.5. The smallest absolute Gasteiger partial charge is 0.186 e. The molecular formula is C40H63ClFN5O13. The molecule has 16 N–H and O–H groups in total. The van der Waals surface area contributed by atoms with Gasteiger partial charge < -0.3 is 78.3 Å². The van der Waals surface area contributed by atoms with Gasteiger partial charge in [0, 0.05) is 41.8 Å². The monoisotopic (exact) mass is 875 g/mol. The Morgan fingerprint density at radius 1 is 0.917 bits per heavy atom. The first-order valence-corrected chi connectivity index (χ1v) is 21.2. The number of hydrogen-bond donors (Lipinski definition) is 11. The van der Waals surface area contributed by atoms with E-state index < -0.39 is 138 Å². The first-order chi connectivity index (χ1) is 28.0. The van der Waals surface area contributed by atoms with Gasteiger partial charge in [-0.05, 0) is 63.0 Å². The number of carbonyl (C=O) groups excluding carboxylic acids is 3. The molecule has 21 atom stereocenters. The number of ether oxygens (including phenoxy) is 4. The van der Waals surface area contributed by atoms with Crippen LogP contribution in [0.4, 0.5) is 4.39 Å². The lowest BCUT2D eigenvalue weighted by Crippen LogP contribution is -2.68. The summed E-state index contributed by atoms with van der Waals surface area (Å²) in [6.07, 6.45) is -5.20. The number of allylic oxidation sites excluding steroid dienone is 4. The Balaban J connectivity index is 0.000000203. The van der Waals surface area contributed by atoms with E-state index in [1.54, 1.807) is 26.8 Å². The summed E-state index contributed by atoms with van der Waals surface area (Å²) >= 11 is 5.79. The molecule has 0 aromatic carbocycles. The number of Topliss-reactive ketones (excluding diaryl/α,β-unsaturated/α-hetero) is 2. The molecule has 2 heterocycles. The number of nitrogens with two attached hydrogens (primary N) is 5. The van der Waals surface area contributed by atoms with Crippen molar-refractivity contribution in [3.05, 3.63) is 23.8 Å². The Hall–Kier alpha value is -1.89. The van der Waals surface area contributed by atoms with Crippen LogP contribution < -0.4 is 28.7 Å². The second-order valence-electron chi connectivity index (χ2n) is 18.3. The summed E-state index contributed by atoms with van der Waals surface area (Å²) in [7, 11) is 0. The third-order valence-corrected chi connectivity index (χ3v) is 15.2. The highest BCUT2D eigenvalue weighted by molar-refractivity contribution is 6.29. The summed E-state index contributed by atoms with van der Waals surface area (Å²) in [5.74, 6) is -2.92. The maximum Gasteiger partial charge on any atom is 0.186 e. The van der Waals surface area contributed by atoms with Gasteiger partial charge in [-0.15, -0.1) is 11.6 Å². The van der Waals surface area contributed by atoms with Gasteiger partial charge in [0.25, 0.3) is 0 Å². The van der Waals surface area contributed by atoms with E-state index in [-0.39, 0.29) is 43.4 Å². The highest BCUT2D eigenvalue weighted by Gasteiger charge is 2.75. The Kier molecular flexibility index (Phi) is 13.9. The summed E-state index contributed by atoms with van der Waals surface area (Å²) in [6, 6.07) is -3.27. The van der Waals surface area contributed by atoms with Gasteiger partial charge in [-0.1, -0.05) is 25.5 Å². The zero-order valence-electron chi connectivity index (χ0n) is 34.1. The minimum atomic E-state index is -2.15. The molecule has 0 aromatic rings. The van der Waals surface area contributed by atoms with Crippen molar-refractivity contribution in [1.29, 1.82) is 0 Å². The molecule has 0 spiro atoms. The van der Waals surface area contributed by atoms with Gasteiger partial charge in [-0.3, -0.25) is 14.4 Å². The van der Waals surface area contributed by atoms with Crippen LogP contribution in [0, 0.1) is 28.6 Å². The van der Waals surface area contributed by atoms with Crippen LogP contribution in [-0.4, -0.2) is 164 Å². The maximum atomic E-state index is 16.8. The number of carbonyl (C=O) groups is 3. The summed E-state index contributed by atoms with van der Waals surface area (Å²) in [6.45, 7) is 4.73. The van der Waals surface area contributed by atoms with Crippen LogP contribution in [-0.2, 0) is 33.3 Å². The standard InChI is InChI=1S/C22H26ClFO4.C18H37N5O9/c1-12-8-16-15-5-4-13-9-14(25)6-7-19(13,2)21(15,24)17(26)10-20(16,3)22(12,28)18(27)11-23;19-3-9-8(25)2-7(22)17(29-9)31-15-5(20)1-6(21)16(14(15)28)32-18-13(27)11(23)12(26)10(4-24)30-18/h6-7,9,12,15-16,28H,4-5,8,10-11H2,1-3H3;5-18,24-28H,1-4,19-23H2/t12-,15-,16-,19-,20-,21-,22-;5-,6+,7+,8-,9+,10+,11-,12+,13+,14-,15+,16-,17+,18+/m00/s1. The molecule has 0 bridgehead atoms. The number of fused-ring (bicyclic) bond motifs is 5. The molecule has 7 rings (SSSR count). The van der Waals surface area contributed by atoms with Crippen molar-refractivity contribution in [2.75, 3.05) is 19.0 Å². The number of halogens is 2. The number of rotatable bonds is 8. The van der Waals surface area contributed by atoms with E-state index in [1.807, 2.05) is 0 Å². The molecule has 0 unspecified atom stereocenters. The molecule has 6 fully saturated rings. The van der Waals surface area contributed by atoms with Crippen LogP contribution in [0.3, 0.4) is 0 Å². The number of aliphatic hydroxyl groups excluding tert-OH is 5. The van der Waals surface area contributed by atoms with Gasteiger partial charge in [0.15, 0.2) is 35.6 Å². The fourth-order valence-electron chi connectivity index (χ4n) is 11.4. The fourth-order valence-corrected chi connectivity index (χ4v) is 11.6. The van der Waals surface area contributed by atoms with Crippen LogP contribution in [0.1, 0.15) is 59.3 Å². The van der Waals surface area contributed by atoms with Gasteiger partial charge in [-0.2, -0.15) is 0 Å². The fraction of sp³-hybridized carbons (Fsp3) is 0.825. The van der Waals surface area contributed by atoms with Crippen molar-refractivity contribution in [1.82, 2.24) is 0 Å². The number of ketones is 3. The normalized spacial score (nSPS) is 51.4. The molecule has 2 saturated heterocycles. The molecule has 0 radical (unpaired) electrons. The SMILES string of the molecule is C[C@H]1C[C@H]2[C@@H]3CCC4=CC(=O)C=C[C@]4(C)[C@@]3(F)C(=O)C[C@]2(C)[C@@]1(O)C(=O)CCl.NC[C@H]1O[C@H](O[C@H]2[C@H](O)[C@@H](O[C@H]3O[C@H](CO)[C@@H](O)[C@H](N)[C@H]3O)[C@H](N)C[C@@H]2N)[C@H](N)C[C@@H]1O. The Morgan fingerprint density at radius 3 is 2.13 bits per heavy atom. The van der Waals surface area contributed by atoms with E-state index in [4.69, 9.17) is 59.2 Å². The zero-order chi connectivity index (χ0) is 44.4. The van der Waals surface area contributed by atoms with Crippen LogP contribution in [0.5, 0.6) is 0 Å². The third-order valence-electron chi connectivity index (χ3n) is 14.9. The minimum Gasteiger partial charge on any atom is -0.394 e. The Morgan fingerprint density at radius 2 is 1.53 bits per heavy atom. The van der Waals surface area contributed by atoms with Crippen LogP contribution in [0.15, 0.2) is 23.8 Å². The maximum absolute atomic E-state index is 16.8. The second kappa shape index (κ2) is 17.6. The van der Waals surface area contributed by atoms with Gasteiger partial charge >= 0.3 is 0 Å². The average Bonchev–Trinajstić information content (AvgIpc) is 3.40. The molecule has 0 aromatic heterocycles. The minimum absolute atomic E-state index is 0.0542. The van der Waals surface area contributed by atoms with E-state index in [9.17, 15) is 45.0 Å². The van der Waals surface area contributed by atoms with E-state index in [1.165, 1.54) is 12.2 Å². The molecule has 2 aliphatic heterocycles. The van der Waals surface area contributed by atoms with Crippen molar-refractivity contribution in [3.63, 3.8) is 0 Å². The molecular weight excluding hydrogens is 813 g/mol. The highest BCUT2D eigenvalue weighted by atomic mass is 35.5.